The normalized spacial score (nSPS) is 22.8. The van der Waals surface area contributed by atoms with Gasteiger partial charge in [-0.1, -0.05) is 6.92 Å². The lowest BCUT2D eigenvalue weighted by Crippen LogP contribution is -2.05. The number of nitrogens with one attached hydrogen (secondary N) is 1. The van der Waals surface area contributed by atoms with Gasteiger partial charge in [0.15, 0.2) is 5.76 Å². The molecule has 1 atom stereocenters. The van der Waals surface area contributed by atoms with Gasteiger partial charge in [0.2, 0.25) is 0 Å². The SMILES string of the molecule is CCC1O/C(=C2/C(=O)Nc3ccc(F)cc32)c2sccc21. The first-order valence-corrected chi connectivity index (χ1v) is 7.67. The molecule has 3 heterocycles. The summed E-state index contributed by atoms with van der Waals surface area (Å²) in [5, 5.41) is 4.76. The van der Waals surface area contributed by atoms with E-state index in [0.717, 1.165) is 16.9 Å². The molecule has 0 aliphatic carbocycles. The van der Waals surface area contributed by atoms with Crippen LogP contribution in [0.2, 0.25) is 0 Å². The van der Waals surface area contributed by atoms with Crippen LogP contribution < -0.4 is 5.32 Å². The van der Waals surface area contributed by atoms with E-state index in [0.29, 0.717) is 22.6 Å². The maximum Gasteiger partial charge on any atom is 0.260 e. The summed E-state index contributed by atoms with van der Waals surface area (Å²) in [6.07, 6.45) is 0.803. The third-order valence-electron chi connectivity index (χ3n) is 3.83. The van der Waals surface area contributed by atoms with Crippen molar-refractivity contribution in [2.24, 2.45) is 0 Å². The number of anilines is 1. The monoisotopic (exact) mass is 301 g/mol. The van der Waals surface area contributed by atoms with Crippen molar-refractivity contribution in [1.82, 2.24) is 0 Å². The molecule has 0 radical (unpaired) electrons. The molecular weight excluding hydrogens is 289 g/mol. The minimum absolute atomic E-state index is 0.0286. The van der Waals surface area contributed by atoms with Crippen molar-refractivity contribution in [3.8, 4) is 0 Å². The number of amides is 1. The number of thiophene rings is 1. The molecule has 0 saturated heterocycles. The Bertz CT molecular complexity index is 793. The highest BCUT2D eigenvalue weighted by Crippen LogP contribution is 2.48. The molecule has 1 unspecified atom stereocenters. The van der Waals surface area contributed by atoms with E-state index in [-0.39, 0.29) is 17.8 Å². The molecule has 1 aromatic heterocycles. The van der Waals surface area contributed by atoms with Crippen LogP contribution in [0.3, 0.4) is 0 Å². The van der Waals surface area contributed by atoms with Crippen molar-refractivity contribution in [3.05, 3.63) is 51.5 Å². The van der Waals surface area contributed by atoms with Crippen LogP contribution in [0.15, 0.2) is 29.6 Å². The Morgan fingerprint density at radius 2 is 2.24 bits per heavy atom. The predicted molar refractivity (Wildman–Crippen MR) is 80.3 cm³/mol. The lowest BCUT2D eigenvalue weighted by Gasteiger charge is -2.10. The van der Waals surface area contributed by atoms with Gasteiger partial charge < -0.3 is 10.1 Å². The fourth-order valence-corrected chi connectivity index (χ4v) is 3.80. The molecule has 1 aromatic carbocycles. The van der Waals surface area contributed by atoms with E-state index in [9.17, 15) is 9.18 Å². The van der Waals surface area contributed by atoms with Crippen molar-refractivity contribution in [1.29, 1.82) is 0 Å². The summed E-state index contributed by atoms with van der Waals surface area (Å²) in [5.74, 6) is -0.0183. The fourth-order valence-electron chi connectivity index (χ4n) is 2.86. The van der Waals surface area contributed by atoms with Gasteiger partial charge in [0.25, 0.3) is 5.91 Å². The molecule has 4 rings (SSSR count). The Morgan fingerprint density at radius 1 is 1.38 bits per heavy atom. The quantitative estimate of drug-likeness (QED) is 0.802. The second kappa shape index (κ2) is 4.43. The summed E-state index contributed by atoms with van der Waals surface area (Å²) in [4.78, 5) is 13.3. The van der Waals surface area contributed by atoms with Gasteiger partial charge in [0.05, 0.1) is 10.5 Å². The second-order valence-corrected chi connectivity index (χ2v) is 5.98. The third-order valence-corrected chi connectivity index (χ3v) is 4.76. The number of fused-ring (bicyclic) bond motifs is 2. The van der Waals surface area contributed by atoms with Gasteiger partial charge in [-0.2, -0.15) is 0 Å². The molecule has 2 aliphatic rings. The molecule has 0 saturated carbocycles. The van der Waals surface area contributed by atoms with Crippen LogP contribution in [0.5, 0.6) is 0 Å². The maximum absolute atomic E-state index is 13.5. The van der Waals surface area contributed by atoms with Gasteiger partial charge in [-0.3, -0.25) is 4.79 Å². The number of benzene rings is 1. The van der Waals surface area contributed by atoms with Crippen molar-refractivity contribution in [2.75, 3.05) is 5.32 Å². The van der Waals surface area contributed by atoms with Gasteiger partial charge in [-0.15, -0.1) is 11.3 Å². The first-order chi connectivity index (χ1) is 10.2. The molecule has 2 aromatic rings. The van der Waals surface area contributed by atoms with E-state index < -0.39 is 0 Å². The van der Waals surface area contributed by atoms with Crippen LogP contribution in [0.1, 0.15) is 35.5 Å². The number of carbonyl (C=O) groups is 1. The summed E-state index contributed by atoms with van der Waals surface area (Å²) in [6.45, 7) is 2.04. The summed E-state index contributed by atoms with van der Waals surface area (Å²) >= 11 is 1.55. The lowest BCUT2D eigenvalue weighted by molar-refractivity contribution is -0.110. The summed E-state index contributed by atoms with van der Waals surface area (Å²) in [7, 11) is 0. The molecule has 1 amide bonds. The Balaban J connectivity index is 1.95. The third kappa shape index (κ3) is 1.74. The predicted octanol–water partition coefficient (Wildman–Crippen LogP) is 4.19. The van der Waals surface area contributed by atoms with Gasteiger partial charge in [-0.05, 0) is 36.1 Å². The fraction of sp³-hybridized carbons (Fsp3) is 0.188. The number of hydrogen-bond donors (Lipinski definition) is 1. The molecule has 5 heteroatoms. The van der Waals surface area contributed by atoms with Crippen LogP contribution in [0.4, 0.5) is 10.1 Å². The largest absolute Gasteiger partial charge is 0.483 e. The molecule has 0 bridgehead atoms. The zero-order chi connectivity index (χ0) is 14.6. The Kier molecular flexibility index (Phi) is 2.65. The Hall–Kier alpha value is -2.14. The van der Waals surface area contributed by atoms with Crippen molar-refractivity contribution < 1.29 is 13.9 Å². The highest BCUT2D eigenvalue weighted by Gasteiger charge is 2.36. The van der Waals surface area contributed by atoms with Gasteiger partial charge >= 0.3 is 0 Å². The maximum atomic E-state index is 13.5. The van der Waals surface area contributed by atoms with Crippen LogP contribution in [-0.2, 0) is 9.53 Å². The molecule has 2 aliphatic heterocycles. The topological polar surface area (TPSA) is 38.3 Å². The summed E-state index contributed by atoms with van der Waals surface area (Å²) < 4.78 is 19.5. The van der Waals surface area contributed by atoms with Crippen molar-refractivity contribution in [2.45, 2.75) is 19.4 Å². The molecule has 106 valence electrons. The number of carbonyl (C=O) groups excluding carboxylic acids is 1. The Labute approximate surface area is 125 Å². The number of ether oxygens (including phenoxy) is 1. The first kappa shape index (κ1) is 12.6. The van der Waals surface area contributed by atoms with Gasteiger partial charge in [-0.25, -0.2) is 4.39 Å². The van der Waals surface area contributed by atoms with Crippen LogP contribution >= 0.6 is 11.3 Å². The Morgan fingerprint density at radius 3 is 3.05 bits per heavy atom. The zero-order valence-corrected chi connectivity index (χ0v) is 12.1. The van der Waals surface area contributed by atoms with E-state index in [2.05, 4.69) is 5.32 Å². The van der Waals surface area contributed by atoms with Crippen molar-refractivity contribution in [3.63, 3.8) is 0 Å². The zero-order valence-electron chi connectivity index (χ0n) is 11.3. The smallest absolute Gasteiger partial charge is 0.260 e. The highest BCUT2D eigenvalue weighted by molar-refractivity contribution is 7.11. The van der Waals surface area contributed by atoms with Crippen molar-refractivity contribution >= 4 is 34.3 Å². The first-order valence-electron chi connectivity index (χ1n) is 6.79. The molecule has 0 spiro atoms. The van der Waals surface area contributed by atoms with E-state index in [1.807, 2.05) is 18.4 Å². The number of halogens is 1. The summed E-state index contributed by atoms with van der Waals surface area (Å²) in [6, 6.07) is 6.33. The van der Waals surface area contributed by atoms with Crippen LogP contribution in [0, 0.1) is 5.82 Å². The van der Waals surface area contributed by atoms with Crippen LogP contribution in [0.25, 0.3) is 11.3 Å². The molecular formula is C16H12FNO2S. The number of hydrogen-bond acceptors (Lipinski definition) is 3. The van der Waals surface area contributed by atoms with E-state index in [1.165, 1.54) is 12.1 Å². The number of rotatable bonds is 1. The highest BCUT2D eigenvalue weighted by atomic mass is 32.1. The second-order valence-electron chi connectivity index (χ2n) is 5.07. The lowest BCUT2D eigenvalue weighted by atomic mass is 10.0. The molecule has 0 fully saturated rings. The molecule has 1 N–H and O–H groups in total. The molecule has 3 nitrogen and oxygen atoms in total. The van der Waals surface area contributed by atoms with Gasteiger partial charge in [0.1, 0.15) is 11.9 Å². The van der Waals surface area contributed by atoms with E-state index >= 15 is 0 Å². The minimum atomic E-state index is -0.361. The van der Waals surface area contributed by atoms with E-state index in [1.54, 1.807) is 17.4 Å². The molecule has 21 heavy (non-hydrogen) atoms. The average molecular weight is 301 g/mol. The van der Waals surface area contributed by atoms with E-state index in [4.69, 9.17) is 4.74 Å². The minimum Gasteiger partial charge on any atom is -0.483 e. The summed E-state index contributed by atoms with van der Waals surface area (Å²) in [5.41, 5.74) is 2.75. The standard InChI is InChI=1S/C16H12FNO2S/c1-2-12-9-5-6-21-15(9)14(20-12)13-10-7-8(17)3-4-11(10)18-16(13)19/h3-7,12H,2H2,1H3,(H,18,19)/b14-13+. The van der Waals surface area contributed by atoms with Crippen LogP contribution in [-0.4, -0.2) is 5.91 Å². The average Bonchev–Trinajstić information content (AvgIpc) is 3.12. The van der Waals surface area contributed by atoms with Gasteiger partial charge in [0, 0.05) is 16.8 Å².